The van der Waals surface area contributed by atoms with E-state index in [1.165, 1.54) is 6.42 Å². The Morgan fingerprint density at radius 2 is 2.32 bits per heavy atom. The molecule has 0 aromatic carbocycles. The first kappa shape index (κ1) is 16.7. The van der Waals surface area contributed by atoms with Gasteiger partial charge >= 0.3 is 6.03 Å². The van der Waals surface area contributed by atoms with E-state index in [0.29, 0.717) is 12.6 Å². The van der Waals surface area contributed by atoms with Gasteiger partial charge in [0.2, 0.25) is 0 Å². The minimum atomic E-state index is -0.0349. The van der Waals surface area contributed by atoms with Crippen LogP contribution in [0.3, 0.4) is 0 Å². The van der Waals surface area contributed by atoms with Crippen molar-refractivity contribution in [3.05, 3.63) is 29.1 Å². The van der Waals surface area contributed by atoms with Crippen molar-refractivity contribution in [1.29, 1.82) is 0 Å². The lowest BCUT2D eigenvalue weighted by molar-refractivity contribution is 0.100. The van der Waals surface area contributed by atoms with Crippen molar-refractivity contribution < 1.29 is 9.53 Å². The van der Waals surface area contributed by atoms with Crippen LogP contribution >= 0.6 is 0 Å². The Hall–Kier alpha value is -1.62. The Morgan fingerprint density at radius 3 is 3.00 bits per heavy atom. The Morgan fingerprint density at radius 1 is 1.50 bits per heavy atom. The third-order valence-electron chi connectivity index (χ3n) is 4.18. The Bertz CT molecular complexity index is 499. The number of aromatic nitrogens is 1. The SMILES string of the molecule is Cc1cc(C)c(CNC(=O)N(C)CCC[C@H]2CCCO2)cn1. The van der Waals surface area contributed by atoms with Crippen LogP contribution in [0.2, 0.25) is 0 Å². The first-order chi connectivity index (χ1) is 10.6. The number of ether oxygens (including phenoxy) is 1. The topological polar surface area (TPSA) is 54.5 Å². The molecule has 5 nitrogen and oxygen atoms in total. The van der Waals surface area contributed by atoms with E-state index in [1.54, 1.807) is 4.90 Å². The smallest absolute Gasteiger partial charge is 0.317 e. The highest BCUT2D eigenvalue weighted by Crippen LogP contribution is 2.16. The number of rotatable bonds is 6. The van der Waals surface area contributed by atoms with Crippen LogP contribution in [-0.2, 0) is 11.3 Å². The van der Waals surface area contributed by atoms with E-state index in [0.717, 1.165) is 49.2 Å². The van der Waals surface area contributed by atoms with Gasteiger partial charge in [-0.3, -0.25) is 4.98 Å². The average molecular weight is 305 g/mol. The molecule has 2 rings (SSSR count). The molecule has 0 bridgehead atoms. The second-order valence-electron chi connectivity index (χ2n) is 6.11. The second-order valence-corrected chi connectivity index (χ2v) is 6.11. The van der Waals surface area contributed by atoms with E-state index in [-0.39, 0.29) is 6.03 Å². The van der Waals surface area contributed by atoms with Crippen LogP contribution in [0.15, 0.2) is 12.3 Å². The molecule has 0 radical (unpaired) electrons. The molecule has 1 saturated heterocycles. The largest absolute Gasteiger partial charge is 0.378 e. The molecule has 1 aromatic rings. The number of carbonyl (C=O) groups excluding carboxylic acids is 1. The maximum atomic E-state index is 12.1. The Kier molecular flexibility index (Phi) is 6.19. The van der Waals surface area contributed by atoms with Gasteiger partial charge in [-0.1, -0.05) is 0 Å². The number of nitrogens with one attached hydrogen (secondary N) is 1. The van der Waals surface area contributed by atoms with E-state index in [4.69, 9.17) is 4.74 Å². The molecule has 1 N–H and O–H groups in total. The van der Waals surface area contributed by atoms with Gasteiger partial charge in [-0.05, 0) is 56.7 Å². The summed E-state index contributed by atoms with van der Waals surface area (Å²) in [5.41, 5.74) is 3.22. The van der Waals surface area contributed by atoms with Crippen LogP contribution in [0, 0.1) is 13.8 Å². The van der Waals surface area contributed by atoms with Gasteiger partial charge in [0, 0.05) is 38.6 Å². The number of hydrogen-bond donors (Lipinski definition) is 1. The van der Waals surface area contributed by atoms with Crippen molar-refractivity contribution in [2.45, 2.75) is 52.2 Å². The van der Waals surface area contributed by atoms with Crippen LogP contribution in [0.1, 0.15) is 42.5 Å². The number of pyridine rings is 1. The van der Waals surface area contributed by atoms with Crippen molar-refractivity contribution in [2.24, 2.45) is 0 Å². The van der Waals surface area contributed by atoms with Gasteiger partial charge in [0.1, 0.15) is 0 Å². The average Bonchev–Trinajstić information content (AvgIpc) is 2.99. The first-order valence-electron chi connectivity index (χ1n) is 8.09. The molecule has 5 heteroatoms. The summed E-state index contributed by atoms with van der Waals surface area (Å²) in [6.07, 6.45) is 6.60. The molecule has 0 unspecified atom stereocenters. The monoisotopic (exact) mass is 305 g/mol. The van der Waals surface area contributed by atoms with Crippen LogP contribution in [0.5, 0.6) is 0 Å². The van der Waals surface area contributed by atoms with Gasteiger partial charge in [-0.15, -0.1) is 0 Å². The predicted molar refractivity (Wildman–Crippen MR) is 86.8 cm³/mol. The van der Waals surface area contributed by atoms with E-state index < -0.39 is 0 Å². The summed E-state index contributed by atoms with van der Waals surface area (Å²) in [5.74, 6) is 0. The van der Waals surface area contributed by atoms with E-state index in [9.17, 15) is 4.79 Å². The lowest BCUT2D eigenvalue weighted by Gasteiger charge is -2.19. The quantitative estimate of drug-likeness (QED) is 0.879. The fraction of sp³-hybridized carbons (Fsp3) is 0.647. The molecule has 2 heterocycles. The van der Waals surface area contributed by atoms with Crippen molar-refractivity contribution in [1.82, 2.24) is 15.2 Å². The summed E-state index contributed by atoms with van der Waals surface area (Å²) in [5, 5.41) is 2.95. The summed E-state index contributed by atoms with van der Waals surface area (Å²) in [6, 6.07) is 2.00. The Labute approximate surface area is 133 Å². The molecular formula is C17H27N3O2. The highest BCUT2D eigenvalue weighted by molar-refractivity contribution is 5.73. The zero-order valence-corrected chi connectivity index (χ0v) is 13.9. The fourth-order valence-corrected chi connectivity index (χ4v) is 2.75. The summed E-state index contributed by atoms with van der Waals surface area (Å²) >= 11 is 0. The van der Waals surface area contributed by atoms with Crippen LogP contribution in [0.25, 0.3) is 0 Å². The van der Waals surface area contributed by atoms with Gasteiger partial charge in [0.15, 0.2) is 0 Å². The number of nitrogens with zero attached hydrogens (tertiary/aromatic N) is 2. The lowest BCUT2D eigenvalue weighted by Crippen LogP contribution is -2.37. The van der Waals surface area contributed by atoms with Gasteiger partial charge < -0.3 is 15.0 Å². The third-order valence-corrected chi connectivity index (χ3v) is 4.18. The standard InChI is InChI=1S/C17H27N3O2/c1-13-10-14(2)18-11-15(13)12-19-17(21)20(3)8-4-6-16-7-5-9-22-16/h10-11,16H,4-9,12H2,1-3H3,(H,19,21)/t16-/m0/s1. The molecule has 1 aromatic heterocycles. The minimum absolute atomic E-state index is 0.0349. The normalized spacial score (nSPS) is 17.5. The number of carbonyl (C=O) groups is 1. The van der Waals surface area contributed by atoms with Gasteiger partial charge in [-0.25, -0.2) is 4.79 Å². The Balaban J connectivity index is 1.69. The zero-order valence-electron chi connectivity index (χ0n) is 13.9. The zero-order chi connectivity index (χ0) is 15.9. The molecule has 122 valence electrons. The van der Waals surface area contributed by atoms with Crippen LogP contribution in [0.4, 0.5) is 4.79 Å². The number of aryl methyl sites for hydroxylation is 2. The maximum absolute atomic E-state index is 12.1. The highest BCUT2D eigenvalue weighted by Gasteiger charge is 2.16. The highest BCUT2D eigenvalue weighted by atomic mass is 16.5. The molecule has 22 heavy (non-hydrogen) atoms. The number of hydrogen-bond acceptors (Lipinski definition) is 3. The molecule has 1 aliphatic heterocycles. The van der Waals surface area contributed by atoms with Gasteiger partial charge in [0.25, 0.3) is 0 Å². The lowest BCUT2D eigenvalue weighted by atomic mass is 10.1. The summed E-state index contributed by atoms with van der Waals surface area (Å²) in [4.78, 5) is 18.1. The van der Waals surface area contributed by atoms with Crippen molar-refractivity contribution >= 4 is 6.03 Å². The molecule has 0 spiro atoms. The predicted octanol–water partition coefficient (Wildman–Crippen LogP) is 2.80. The van der Waals surface area contributed by atoms with Crippen molar-refractivity contribution in [3.63, 3.8) is 0 Å². The molecule has 2 amide bonds. The van der Waals surface area contributed by atoms with E-state index >= 15 is 0 Å². The number of amides is 2. The van der Waals surface area contributed by atoms with Crippen LogP contribution < -0.4 is 5.32 Å². The van der Waals surface area contributed by atoms with Gasteiger partial charge in [0.05, 0.1) is 6.10 Å². The third kappa shape index (κ3) is 4.98. The molecule has 1 fully saturated rings. The first-order valence-corrected chi connectivity index (χ1v) is 8.09. The maximum Gasteiger partial charge on any atom is 0.317 e. The minimum Gasteiger partial charge on any atom is -0.378 e. The van der Waals surface area contributed by atoms with E-state index in [2.05, 4.69) is 10.3 Å². The van der Waals surface area contributed by atoms with Crippen molar-refractivity contribution in [2.75, 3.05) is 20.2 Å². The molecule has 0 aliphatic carbocycles. The summed E-state index contributed by atoms with van der Waals surface area (Å²) in [7, 11) is 1.84. The van der Waals surface area contributed by atoms with Crippen molar-refractivity contribution in [3.8, 4) is 0 Å². The molecule has 0 saturated carbocycles. The summed E-state index contributed by atoms with van der Waals surface area (Å²) < 4.78 is 5.60. The molecular weight excluding hydrogens is 278 g/mol. The summed E-state index contributed by atoms with van der Waals surface area (Å²) in [6.45, 7) is 6.19. The number of urea groups is 1. The van der Waals surface area contributed by atoms with E-state index in [1.807, 2.05) is 33.2 Å². The molecule has 1 aliphatic rings. The van der Waals surface area contributed by atoms with Gasteiger partial charge in [-0.2, -0.15) is 0 Å². The molecule has 1 atom stereocenters. The fourth-order valence-electron chi connectivity index (χ4n) is 2.75. The van der Waals surface area contributed by atoms with Crippen LogP contribution in [-0.4, -0.2) is 42.2 Å². The second kappa shape index (κ2) is 8.13.